The van der Waals surface area contributed by atoms with Gasteiger partial charge in [0.25, 0.3) is 0 Å². The van der Waals surface area contributed by atoms with Gasteiger partial charge in [-0.25, -0.2) is 4.79 Å². The van der Waals surface area contributed by atoms with Crippen molar-refractivity contribution in [3.8, 4) is 0 Å². The number of unbranched alkanes of at least 4 members (excludes halogenated alkanes) is 5. The average Bonchev–Trinajstić information content (AvgIpc) is 2.33. The molecule has 2 atom stereocenters. The van der Waals surface area contributed by atoms with Crippen LogP contribution in [0.5, 0.6) is 0 Å². The van der Waals surface area contributed by atoms with Crippen molar-refractivity contribution in [2.24, 2.45) is 5.92 Å². The van der Waals surface area contributed by atoms with Crippen LogP contribution >= 0.6 is 0 Å². The molecule has 0 aromatic carbocycles. The molecule has 0 heterocycles. The highest BCUT2D eigenvalue weighted by atomic mass is 16.4. The van der Waals surface area contributed by atoms with Gasteiger partial charge in [-0.05, 0) is 25.7 Å². The monoisotopic (exact) mass is 256 g/mol. The van der Waals surface area contributed by atoms with Gasteiger partial charge in [0.05, 0.1) is 0 Å². The van der Waals surface area contributed by atoms with Gasteiger partial charge in [-0.2, -0.15) is 0 Å². The quantitative estimate of drug-likeness (QED) is 0.437. The molecule has 0 saturated carbocycles. The van der Waals surface area contributed by atoms with Crippen molar-refractivity contribution in [1.82, 2.24) is 0 Å². The van der Waals surface area contributed by atoms with Crippen LogP contribution in [0.1, 0.15) is 65.2 Å². The normalized spacial score (nSPS) is 14.8. The second-order valence-electron chi connectivity index (χ2n) is 4.93. The lowest BCUT2D eigenvalue weighted by atomic mass is 9.94. The largest absolute Gasteiger partial charge is 0.479 e. The van der Waals surface area contributed by atoms with Crippen LogP contribution in [0.4, 0.5) is 0 Å². The average molecular weight is 256 g/mol. The summed E-state index contributed by atoms with van der Waals surface area (Å²) in [5, 5.41) is 18.1. The number of aliphatic hydroxyl groups is 1. The molecule has 0 fully saturated rings. The van der Waals surface area contributed by atoms with Gasteiger partial charge in [-0.3, -0.25) is 0 Å². The zero-order chi connectivity index (χ0) is 13.8. The first kappa shape index (κ1) is 17.2. The van der Waals surface area contributed by atoms with E-state index in [-0.39, 0.29) is 5.92 Å². The van der Waals surface area contributed by atoms with E-state index in [1.54, 1.807) is 0 Å². The summed E-state index contributed by atoms with van der Waals surface area (Å²) in [4.78, 5) is 10.6. The molecule has 0 radical (unpaired) electrons. The lowest BCUT2D eigenvalue weighted by molar-refractivity contribution is -0.147. The van der Waals surface area contributed by atoms with Gasteiger partial charge in [0.15, 0.2) is 6.10 Å². The van der Waals surface area contributed by atoms with Crippen molar-refractivity contribution >= 4 is 5.97 Å². The molecule has 3 nitrogen and oxygen atoms in total. The number of aliphatic hydroxyl groups excluding tert-OH is 1. The van der Waals surface area contributed by atoms with Crippen molar-refractivity contribution in [3.63, 3.8) is 0 Å². The number of allylic oxidation sites excluding steroid dienone is 2. The van der Waals surface area contributed by atoms with Gasteiger partial charge in [0, 0.05) is 0 Å². The zero-order valence-corrected chi connectivity index (χ0v) is 11.8. The fourth-order valence-corrected chi connectivity index (χ4v) is 2.14. The lowest BCUT2D eigenvalue weighted by Gasteiger charge is -2.14. The number of carboxylic acids is 1. The fourth-order valence-electron chi connectivity index (χ4n) is 2.14. The van der Waals surface area contributed by atoms with E-state index >= 15 is 0 Å². The minimum Gasteiger partial charge on any atom is -0.479 e. The summed E-state index contributed by atoms with van der Waals surface area (Å²) in [6, 6.07) is 0. The molecule has 18 heavy (non-hydrogen) atoms. The maximum atomic E-state index is 10.6. The standard InChI is InChI=1S/C15H28O3/c1-3-5-6-7-8-9-11-13(10-4-2)12-14(16)15(17)18/h4,10,13-14,16H,3,5-9,11-12H2,1-2H3,(H,17,18). The van der Waals surface area contributed by atoms with E-state index in [2.05, 4.69) is 6.92 Å². The Bertz CT molecular complexity index is 236. The summed E-state index contributed by atoms with van der Waals surface area (Å²) >= 11 is 0. The van der Waals surface area contributed by atoms with Gasteiger partial charge < -0.3 is 10.2 Å². The Balaban J connectivity index is 3.80. The maximum absolute atomic E-state index is 10.6. The molecule has 0 bridgehead atoms. The minimum atomic E-state index is -1.23. The minimum absolute atomic E-state index is 0.187. The summed E-state index contributed by atoms with van der Waals surface area (Å²) in [7, 11) is 0. The summed E-state index contributed by atoms with van der Waals surface area (Å²) < 4.78 is 0. The Morgan fingerprint density at radius 1 is 1.17 bits per heavy atom. The summed E-state index contributed by atoms with van der Waals surface area (Å²) in [6.45, 7) is 4.14. The van der Waals surface area contributed by atoms with Crippen LogP contribution in [0.3, 0.4) is 0 Å². The van der Waals surface area contributed by atoms with Crippen molar-refractivity contribution in [2.75, 3.05) is 0 Å². The van der Waals surface area contributed by atoms with Crippen LogP contribution in [0.15, 0.2) is 12.2 Å². The third-order valence-corrected chi connectivity index (χ3v) is 3.20. The molecule has 0 aliphatic carbocycles. The molecule has 0 amide bonds. The first-order valence-corrected chi connectivity index (χ1v) is 7.15. The van der Waals surface area contributed by atoms with Crippen LogP contribution in [0, 0.1) is 5.92 Å². The van der Waals surface area contributed by atoms with Gasteiger partial charge in [-0.15, -0.1) is 0 Å². The van der Waals surface area contributed by atoms with E-state index in [1.807, 2.05) is 19.1 Å². The first-order chi connectivity index (χ1) is 8.61. The second kappa shape index (κ2) is 11.3. The third-order valence-electron chi connectivity index (χ3n) is 3.20. The molecule has 0 aliphatic rings. The predicted molar refractivity (Wildman–Crippen MR) is 74.6 cm³/mol. The number of rotatable bonds is 11. The highest BCUT2D eigenvalue weighted by Gasteiger charge is 2.17. The number of hydrogen-bond donors (Lipinski definition) is 2. The Kier molecular flexibility index (Phi) is 10.8. The molecule has 2 N–H and O–H groups in total. The lowest BCUT2D eigenvalue weighted by Crippen LogP contribution is -2.22. The topological polar surface area (TPSA) is 57.5 Å². The Morgan fingerprint density at radius 2 is 1.78 bits per heavy atom. The molecule has 2 unspecified atom stereocenters. The van der Waals surface area contributed by atoms with Gasteiger partial charge >= 0.3 is 5.97 Å². The van der Waals surface area contributed by atoms with Crippen LogP contribution in [-0.2, 0) is 4.79 Å². The van der Waals surface area contributed by atoms with Crippen molar-refractivity contribution < 1.29 is 15.0 Å². The molecular formula is C15H28O3. The van der Waals surface area contributed by atoms with Crippen LogP contribution < -0.4 is 0 Å². The zero-order valence-electron chi connectivity index (χ0n) is 11.8. The number of aliphatic carboxylic acids is 1. The Hall–Kier alpha value is -0.830. The molecule has 0 rings (SSSR count). The second-order valence-corrected chi connectivity index (χ2v) is 4.93. The molecule has 3 heteroatoms. The third kappa shape index (κ3) is 9.23. The van der Waals surface area contributed by atoms with Crippen LogP contribution in [0.2, 0.25) is 0 Å². The van der Waals surface area contributed by atoms with E-state index in [1.165, 1.54) is 32.1 Å². The molecule has 106 valence electrons. The highest BCUT2D eigenvalue weighted by Crippen LogP contribution is 2.18. The fraction of sp³-hybridized carbons (Fsp3) is 0.800. The summed E-state index contributed by atoms with van der Waals surface area (Å²) in [5.74, 6) is -0.931. The molecular weight excluding hydrogens is 228 g/mol. The van der Waals surface area contributed by atoms with Gasteiger partial charge in [-0.1, -0.05) is 57.6 Å². The molecule has 0 aromatic rings. The smallest absolute Gasteiger partial charge is 0.332 e. The van der Waals surface area contributed by atoms with E-state index < -0.39 is 12.1 Å². The van der Waals surface area contributed by atoms with Crippen molar-refractivity contribution in [1.29, 1.82) is 0 Å². The Labute approximate surface area is 111 Å². The maximum Gasteiger partial charge on any atom is 0.332 e. The van der Waals surface area contributed by atoms with E-state index in [0.717, 1.165) is 12.8 Å². The number of carbonyl (C=O) groups is 1. The van der Waals surface area contributed by atoms with E-state index in [9.17, 15) is 9.90 Å². The van der Waals surface area contributed by atoms with Crippen LogP contribution in [-0.4, -0.2) is 22.3 Å². The number of hydrogen-bond acceptors (Lipinski definition) is 2. The molecule has 0 aromatic heterocycles. The summed E-state index contributed by atoms with van der Waals surface area (Å²) in [5.41, 5.74) is 0. The number of carboxylic acid groups (broad SMARTS) is 1. The van der Waals surface area contributed by atoms with E-state index in [4.69, 9.17) is 5.11 Å². The summed E-state index contributed by atoms with van der Waals surface area (Å²) in [6.07, 6.45) is 11.5. The molecule has 0 saturated heterocycles. The van der Waals surface area contributed by atoms with Gasteiger partial charge in [0.1, 0.15) is 0 Å². The molecule has 0 spiro atoms. The van der Waals surface area contributed by atoms with E-state index in [0.29, 0.717) is 6.42 Å². The van der Waals surface area contributed by atoms with Crippen LogP contribution in [0.25, 0.3) is 0 Å². The van der Waals surface area contributed by atoms with Crippen molar-refractivity contribution in [3.05, 3.63) is 12.2 Å². The predicted octanol–water partition coefficient (Wildman–Crippen LogP) is 3.76. The first-order valence-electron chi connectivity index (χ1n) is 7.15. The SMILES string of the molecule is CC=CC(CCCCCCCC)CC(O)C(=O)O. The van der Waals surface area contributed by atoms with Gasteiger partial charge in [0.2, 0.25) is 0 Å². The van der Waals surface area contributed by atoms with Crippen molar-refractivity contribution in [2.45, 2.75) is 71.3 Å². The molecule has 0 aliphatic heterocycles. The Morgan fingerprint density at radius 3 is 2.33 bits per heavy atom. The highest BCUT2D eigenvalue weighted by molar-refractivity contribution is 5.71.